The van der Waals surface area contributed by atoms with E-state index in [1.807, 2.05) is 0 Å². The average molecular weight is 266 g/mol. The largest absolute Gasteiger partial charge is 0.388 e. The van der Waals surface area contributed by atoms with Crippen molar-refractivity contribution in [1.82, 2.24) is 0 Å². The quantitative estimate of drug-likeness (QED) is 0.517. The average Bonchev–Trinajstić information content (AvgIpc) is 2.32. The molecule has 0 aliphatic carbocycles. The van der Waals surface area contributed by atoms with Crippen molar-refractivity contribution in [1.29, 1.82) is 0 Å². The van der Waals surface area contributed by atoms with E-state index >= 15 is 0 Å². The van der Waals surface area contributed by atoms with Crippen molar-refractivity contribution in [3.05, 3.63) is 23.8 Å². The van der Waals surface area contributed by atoms with Gasteiger partial charge >= 0.3 is 0 Å². The molecule has 0 radical (unpaired) electrons. The highest BCUT2D eigenvalue weighted by Gasteiger charge is 2.09. The molecule has 0 saturated heterocycles. The molecule has 1 nitrogen and oxygen atoms in total. The van der Waals surface area contributed by atoms with Crippen LogP contribution in [0.4, 0.5) is 0 Å². The maximum atomic E-state index is 9.98. The zero-order chi connectivity index (χ0) is 14.8. The van der Waals surface area contributed by atoms with E-state index in [4.69, 9.17) is 0 Å². The van der Waals surface area contributed by atoms with Gasteiger partial charge < -0.3 is 5.11 Å². The monoisotopic (exact) mass is 266 g/mol. The van der Waals surface area contributed by atoms with Gasteiger partial charge in [0.05, 0.1) is 6.10 Å². The Kier molecular flexibility index (Phi) is 9.95. The highest BCUT2D eigenvalue weighted by molar-refractivity contribution is 5.06. The highest BCUT2D eigenvalue weighted by Crippen LogP contribution is 2.20. The van der Waals surface area contributed by atoms with Gasteiger partial charge in [-0.1, -0.05) is 58.3 Å². The molecule has 0 spiro atoms. The highest BCUT2D eigenvalue weighted by atomic mass is 16.3. The minimum atomic E-state index is -0.363. The molecular formula is C18H34O. The van der Waals surface area contributed by atoms with Crippen molar-refractivity contribution in [2.75, 3.05) is 0 Å². The number of aliphatic hydroxyl groups is 1. The van der Waals surface area contributed by atoms with Crippen LogP contribution in [0.2, 0.25) is 0 Å². The number of allylic oxidation sites excluding steroid dienone is 1. The molecule has 0 aromatic rings. The van der Waals surface area contributed by atoms with Crippen molar-refractivity contribution >= 4 is 0 Å². The molecule has 0 saturated carbocycles. The summed E-state index contributed by atoms with van der Waals surface area (Å²) < 4.78 is 0. The van der Waals surface area contributed by atoms with E-state index < -0.39 is 0 Å². The third-order valence-electron chi connectivity index (χ3n) is 3.66. The van der Waals surface area contributed by atoms with E-state index in [1.165, 1.54) is 24.8 Å². The zero-order valence-corrected chi connectivity index (χ0v) is 13.7. The predicted octanol–water partition coefficient (Wildman–Crippen LogP) is 5.50. The Bertz CT molecular complexity index is 271. The molecule has 19 heavy (non-hydrogen) atoms. The molecule has 0 aliphatic rings. The molecule has 0 bridgehead atoms. The summed E-state index contributed by atoms with van der Waals surface area (Å²) >= 11 is 0. The number of aliphatic hydroxyl groups excluding tert-OH is 1. The standard InChI is InChI=1S/C18H34O/c1-14(2)8-7-9-16(5)11-12-17(6)18(19)13-10-15(3)4/h10,14,16,18-19H,6-9,11-13H2,1-5H3. The fourth-order valence-electron chi connectivity index (χ4n) is 2.13. The maximum absolute atomic E-state index is 9.98. The van der Waals surface area contributed by atoms with Crippen molar-refractivity contribution in [3.8, 4) is 0 Å². The van der Waals surface area contributed by atoms with Crippen LogP contribution in [0.25, 0.3) is 0 Å². The van der Waals surface area contributed by atoms with Crippen LogP contribution in [0.3, 0.4) is 0 Å². The molecule has 1 heteroatoms. The van der Waals surface area contributed by atoms with Gasteiger partial charge in [-0.3, -0.25) is 0 Å². The van der Waals surface area contributed by atoms with Crippen LogP contribution in [0.1, 0.15) is 73.1 Å². The lowest BCUT2D eigenvalue weighted by Crippen LogP contribution is -2.09. The Morgan fingerprint density at radius 3 is 2.26 bits per heavy atom. The van der Waals surface area contributed by atoms with E-state index in [0.717, 1.165) is 30.3 Å². The molecule has 0 aromatic heterocycles. The summed E-state index contributed by atoms with van der Waals surface area (Å²) in [5.41, 5.74) is 2.25. The van der Waals surface area contributed by atoms with Crippen molar-refractivity contribution < 1.29 is 5.11 Å². The van der Waals surface area contributed by atoms with Gasteiger partial charge in [0.15, 0.2) is 0 Å². The number of hydrogen-bond donors (Lipinski definition) is 1. The molecule has 0 aliphatic heterocycles. The molecule has 2 atom stereocenters. The summed E-state index contributed by atoms with van der Waals surface area (Å²) in [6.07, 6.45) is 8.50. The van der Waals surface area contributed by atoms with E-state index in [0.29, 0.717) is 6.42 Å². The maximum Gasteiger partial charge on any atom is 0.0782 e. The molecule has 112 valence electrons. The Balaban J connectivity index is 3.79. The number of rotatable bonds is 10. The lowest BCUT2D eigenvalue weighted by Gasteiger charge is -2.16. The van der Waals surface area contributed by atoms with Gasteiger partial charge in [0.25, 0.3) is 0 Å². The second-order valence-electron chi connectivity index (χ2n) is 6.66. The first-order valence-electron chi connectivity index (χ1n) is 7.82. The van der Waals surface area contributed by atoms with Crippen LogP contribution in [0, 0.1) is 11.8 Å². The molecule has 0 fully saturated rings. The van der Waals surface area contributed by atoms with E-state index in [2.05, 4.69) is 47.3 Å². The second kappa shape index (κ2) is 10.3. The molecule has 0 amide bonds. The molecule has 0 aromatic carbocycles. The Morgan fingerprint density at radius 2 is 1.74 bits per heavy atom. The minimum absolute atomic E-state index is 0.363. The Hall–Kier alpha value is -0.560. The summed E-state index contributed by atoms with van der Waals surface area (Å²) in [6, 6.07) is 0. The van der Waals surface area contributed by atoms with Crippen molar-refractivity contribution in [2.24, 2.45) is 11.8 Å². The van der Waals surface area contributed by atoms with E-state index in [-0.39, 0.29) is 6.10 Å². The van der Waals surface area contributed by atoms with E-state index in [9.17, 15) is 5.11 Å². The summed E-state index contributed by atoms with van der Waals surface area (Å²) in [7, 11) is 0. The lowest BCUT2D eigenvalue weighted by atomic mass is 9.93. The smallest absolute Gasteiger partial charge is 0.0782 e. The summed E-state index contributed by atoms with van der Waals surface area (Å²) in [6.45, 7) is 15.0. The fourth-order valence-corrected chi connectivity index (χ4v) is 2.13. The fraction of sp³-hybridized carbons (Fsp3) is 0.778. The first kappa shape index (κ1) is 18.4. The first-order valence-corrected chi connectivity index (χ1v) is 7.82. The van der Waals surface area contributed by atoms with Gasteiger partial charge in [-0.05, 0) is 50.5 Å². The van der Waals surface area contributed by atoms with Gasteiger partial charge in [-0.15, -0.1) is 0 Å². The van der Waals surface area contributed by atoms with Crippen molar-refractivity contribution in [2.45, 2.75) is 79.2 Å². The van der Waals surface area contributed by atoms with E-state index in [1.54, 1.807) is 0 Å². The normalized spacial score (nSPS) is 14.3. The third kappa shape index (κ3) is 11.0. The van der Waals surface area contributed by atoms with Gasteiger partial charge in [0.2, 0.25) is 0 Å². The van der Waals surface area contributed by atoms with Gasteiger partial charge in [-0.25, -0.2) is 0 Å². The SMILES string of the molecule is C=C(CCC(C)CCCC(C)C)C(O)CC=C(C)C. The zero-order valence-electron chi connectivity index (χ0n) is 13.7. The summed E-state index contributed by atoms with van der Waals surface area (Å²) in [4.78, 5) is 0. The predicted molar refractivity (Wildman–Crippen MR) is 86.3 cm³/mol. The van der Waals surface area contributed by atoms with Gasteiger partial charge in [-0.2, -0.15) is 0 Å². The number of hydrogen-bond acceptors (Lipinski definition) is 1. The van der Waals surface area contributed by atoms with Crippen LogP contribution >= 0.6 is 0 Å². The first-order chi connectivity index (χ1) is 8.82. The molecule has 0 rings (SSSR count). The summed E-state index contributed by atoms with van der Waals surface area (Å²) in [5.74, 6) is 1.55. The Labute approximate surface area is 120 Å². The molecule has 0 heterocycles. The van der Waals surface area contributed by atoms with Crippen molar-refractivity contribution in [3.63, 3.8) is 0 Å². The minimum Gasteiger partial charge on any atom is -0.388 e. The van der Waals surface area contributed by atoms with Crippen LogP contribution in [-0.4, -0.2) is 11.2 Å². The molecular weight excluding hydrogens is 232 g/mol. The second-order valence-corrected chi connectivity index (χ2v) is 6.66. The Morgan fingerprint density at radius 1 is 1.11 bits per heavy atom. The molecule has 2 unspecified atom stereocenters. The van der Waals surface area contributed by atoms with Crippen LogP contribution < -0.4 is 0 Å². The topological polar surface area (TPSA) is 20.2 Å². The van der Waals surface area contributed by atoms with Crippen LogP contribution in [0.15, 0.2) is 23.8 Å². The van der Waals surface area contributed by atoms with Gasteiger partial charge in [0, 0.05) is 0 Å². The van der Waals surface area contributed by atoms with Gasteiger partial charge in [0.1, 0.15) is 0 Å². The van der Waals surface area contributed by atoms with Crippen LogP contribution in [-0.2, 0) is 0 Å². The van der Waals surface area contributed by atoms with Crippen LogP contribution in [0.5, 0.6) is 0 Å². The lowest BCUT2D eigenvalue weighted by molar-refractivity contribution is 0.208. The summed E-state index contributed by atoms with van der Waals surface area (Å²) in [5, 5.41) is 9.98. The molecule has 1 N–H and O–H groups in total. The third-order valence-corrected chi connectivity index (χ3v) is 3.66.